The van der Waals surface area contributed by atoms with E-state index in [9.17, 15) is 4.79 Å². The van der Waals surface area contributed by atoms with Crippen LogP contribution in [0.25, 0.3) is 0 Å². The molecule has 2 atom stereocenters. The van der Waals surface area contributed by atoms with E-state index in [-0.39, 0.29) is 16.7 Å². The smallest absolute Gasteiger partial charge is 0.226 e. The summed E-state index contributed by atoms with van der Waals surface area (Å²) in [7, 11) is 0. The minimum absolute atomic E-state index is 0.188. The number of rotatable bonds is 4. The number of nitrogens with one attached hydrogen (secondary N) is 1. The van der Waals surface area contributed by atoms with Gasteiger partial charge in [-0.3, -0.25) is 9.78 Å². The second-order valence-corrected chi connectivity index (χ2v) is 9.89. The third-order valence-electron chi connectivity index (χ3n) is 6.92. The van der Waals surface area contributed by atoms with Gasteiger partial charge in [0.25, 0.3) is 0 Å². The molecule has 148 valence electrons. The van der Waals surface area contributed by atoms with Gasteiger partial charge in [-0.15, -0.1) is 0 Å². The quantitative estimate of drug-likeness (QED) is 0.738. The van der Waals surface area contributed by atoms with Gasteiger partial charge in [-0.25, -0.2) is 0 Å². The molecule has 4 heteroatoms. The molecule has 0 spiro atoms. The Balaban J connectivity index is 1.44. The third kappa shape index (κ3) is 3.96. The summed E-state index contributed by atoms with van der Waals surface area (Å²) < 4.78 is 0. The van der Waals surface area contributed by atoms with Gasteiger partial charge in [0.2, 0.25) is 5.91 Å². The van der Waals surface area contributed by atoms with Crippen LogP contribution < -0.4 is 5.32 Å². The van der Waals surface area contributed by atoms with E-state index in [1.54, 1.807) is 12.4 Å². The fourth-order valence-electron chi connectivity index (χ4n) is 5.83. The van der Waals surface area contributed by atoms with Crippen LogP contribution in [-0.4, -0.2) is 10.9 Å². The number of nitrogens with zero attached hydrogens (tertiary/aromatic N) is 1. The van der Waals surface area contributed by atoms with Gasteiger partial charge in [-0.2, -0.15) is 0 Å². The van der Waals surface area contributed by atoms with Crippen molar-refractivity contribution in [1.29, 1.82) is 0 Å². The second-order valence-electron chi connectivity index (χ2n) is 9.45. The lowest BCUT2D eigenvalue weighted by atomic mass is 9.54. The average molecular weight is 397 g/mol. The van der Waals surface area contributed by atoms with E-state index in [2.05, 4.69) is 36.3 Å². The Morgan fingerprint density at radius 2 is 1.64 bits per heavy atom. The zero-order valence-corrected chi connectivity index (χ0v) is 17.5. The Hall–Kier alpha value is -1.87. The maximum atomic E-state index is 13.1. The Bertz CT molecular complexity index is 819. The first-order valence-electron chi connectivity index (χ1n) is 10.3. The summed E-state index contributed by atoms with van der Waals surface area (Å²) in [6.45, 7) is 5.13. The van der Waals surface area contributed by atoms with Crippen LogP contribution >= 0.6 is 11.6 Å². The molecule has 2 aromatic rings. The first-order valence-corrected chi connectivity index (χ1v) is 10.7. The van der Waals surface area contributed by atoms with Crippen molar-refractivity contribution in [2.45, 2.75) is 57.9 Å². The van der Waals surface area contributed by atoms with Gasteiger partial charge in [-0.1, -0.05) is 37.6 Å². The van der Waals surface area contributed by atoms with Gasteiger partial charge in [0.15, 0.2) is 0 Å². The van der Waals surface area contributed by atoms with E-state index in [1.807, 2.05) is 24.3 Å². The predicted octanol–water partition coefficient (Wildman–Crippen LogP) is 5.53. The fraction of sp³-hybridized carbons (Fsp3) is 0.500. The molecule has 0 saturated heterocycles. The maximum absolute atomic E-state index is 13.1. The van der Waals surface area contributed by atoms with Gasteiger partial charge >= 0.3 is 0 Å². The molecule has 1 heterocycles. The molecular formula is C24H29ClN2O. The van der Waals surface area contributed by atoms with Crippen LogP contribution in [0.5, 0.6) is 0 Å². The van der Waals surface area contributed by atoms with Gasteiger partial charge < -0.3 is 5.32 Å². The Kier molecular flexibility index (Phi) is 5.22. The third-order valence-corrected chi connectivity index (χ3v) is 7.17. The van der Waals surface area contributed by atoms with Crippen LogP contribution in [0.3, 0.4) is 0 Å². The minimum atomic E-state index is -0.262. The van der Waals surface area contributed by atoms with Crippen molar-refractivity contribution in [2.24, 2.45) is 17.3 Å². The van der Waals surface area contributed by atoms with Gasteiger partial charge in [-0.05, 0) is 84.7 Å². The number of halogens is 1. The van der Waals surface area contributed by atoms with E-state index in [1.165, 1.54) is 12.0 Å². The van der Waals surface area contributed by atoms with E-state index in [0.717, 1.165) is 36.3 Å². The molecule has 2 unspecified atom stereocenters. The number of carbonyl (C=O) groups excluding carboxylic acids is 1. The van der Waals surface area contributed by atoms with Gasteiger partial charge in [0.05, 0.1) is 0 Å². The number of aromatic nitrogens is 1. The van der Waals surface area contributed by atoms with Crippen LogP contribution in [0.1, 0.15) is 57.1 Å². The molecule has 0 aliphatic heterocycles. The van der Waals surface area contributed by atoms with Crippen molar-refractivity contribution in [3.8, 4) is 0 Å². The summed E-state index contributed by atoms with van der Waals surface area (Å²) in [5.41, 5.74) is 2.41. The SMILES string of the molecule is CC1(C(=O)NCc2ccncc2)CC2CC(C1)CC(C)(c1ccc(Cl)cc1)C2. The number of hydrogen-bond donors (Lipinski definition) is 1. The molecule has 2 bridgehead atoms. The molecular weight excluding hydrogens is 368 g/mol. The molecule has 2 fully saturated rings. The number of hydrogen-bond acceptors (Lipinski definition) is 2. The highest BCUT2D eigenvalue weighted by molar-refractivity contribution is 6.30. The van der Waals surface area contributed by atoms with Crippen LogP contribution in [0.15, 0.2) is 48.8 Å². The number of carbonyl (C=O) groups is 1. The zero-order chi connectivity index (χ0) is 19.8. The van der Waals surface area contributed by atoms with Crippen molar-refractivity contribution in [1.82, 2.24) is 10.3 Å². The summed E-state index contributed by atoms with van der Waals surface area (Å²) in [5.74, 6) is 1.41. The number of amides is 1. The molecule has 2 saturated carbocycles. The summed E-state index contributed by atoms with van der Waals surface area (Å²) in [4.78, 5) is 17.1. The van der Waals surface area contributed by atoms with Crippen molar-refractivity contribution in [2.75, 3.05) is 0 Å². The van der Waals surface area contributed by atoms with E-state index in [4.69, 9.17) is 11.6 Å². The lowest BCUT2D eigenvalue weighted by Crippen LogP contribution is -2.48. The second kappa shape index (κ2) is 7.51. The van der Waals surface area contributed by atoms with Crippen molar-refractivity contribution < 1.29 is 4.79 Å². The fourth-order valence-corrected chi connectivity index (χ4v) is 5.96. The van der Waals surface area contributed by atoms with Crippen molar-refractivity contribution in [3.05, 3.63) is 64.9 Å². The van der Waals surface area contributed by atoms with E-state index < -0.39 is 0 Å². The van der Waals surface area contributed by atoms with E-state index >= 15 is 0 Å². The molecule has 1 aromatic carbocycles. The average Bonchev–Trinajstić information content (AvgIpc) is 2.66. The molecule has 2 aliphatic rings. The molecule has 2 aliphatic carbocycles. The summed E-state index contributed by atoms with van der Waals surface area (Å²) >= 11 is 6.09. The molecule has 0 radical (unpaired) electrons. The Morgan fingerprint density at radius 1 is 1.04 bits per heavy atom. The van der Waals surface area contributed by atoms with Crippen LogP contribution in [-0.2, 0) is 16.8 Å². The van der Waals surface area contributed by atoms with Crippen LogP contribution in [0, 0.1) is 17.3 Å². The highest BCUT2D eigenvalue weighted by atomic mass is 35.5. The zero-order valence-electron chi connectivity index (χ0n) is 16.7. The predicted molar refractivity (Wildman–Crippen MR) is 113 cm³/mol. The van der Waals surface area contributed by atoms with Crippen molar-refractivity contribution >= 4 is 17.5 Å². The Morgan fingerprint density at radius 3 is 2.25 bits per heavy atom. The molecule has 1 aromatic heterocycles. The Labute approximate surface area is 172 Å². The van der Waals surface area contributed by atoms with Crippen LogP contribution in [0.2, 0.25) is 5.02 Å². The van der Waals surface area contributed by atoms with Crippen molar-refractivity contribution in [3.63, 3.8) is 0 Å². The number of pyridine rings is 1. The van der Waals surface area contributed by atoms with E-state index in [0.29, 0.717) is 18.4 Å². The topological polar surface area (TPSA) is 42.0 Å². The molecule has 28 heavy (non-hydrogen) atoms. The summed E-state index contributed by atoms with van der Waals surface area (Å²) in [6.07, 6.45) is 9.06. The number of benzene rings is 1. The summed E-state index contributed by atoms with van der Waals surface area (Å²) in [6, 6.07) is 12.3. The standard InChI is InChI=1S/C24H29ClN2O/c1-23(20-3-5-21(25)6-4-20)12-18-11-19(13-23)15-24(2,14-18)22(28)27-16-17-7-9-26-10-8-17/h3-10,18-19H,11-16H2,1-2H3,(H,27,28). The largest absolute Gasteiger partial charge is 0.352 e. The lowest BCUT2D eigenvalue weighted by molar-refractivity contribution is -0.135. The monoisotopic (exact) mass is 396 g/mol. The number of fused-ring (bicyclic) bond motifs is 2. The van der Waals surface area contributed by atoms with Crippen LogP contribution in [0.4, 0.5) is 0 Å². The summed E-state index contributed by atoms with van der Waals surface area (Å²) in [5, 5.41) is 3.97. The first kappa shape index (κ1) is 19.4. The molecule has 1 amide bonds. The molecule has 1 N–H and O–H groups in total. The molecule has 4 rings (SSSR count). The normalized spacial score (nSPS) is 32.0. The minimum Gasteiger partial charge on any atom is -0.352 e. The maximum Gasteiger partial charge on any atom is 0.226 e. The van der Waals surface area contributed by atoms with Gasteiger partial charge in [0, 0.05) is 29.4 Å². The molecule has 3 nitrogen and oxygen atoms in total. The highest BCUT2D eigenvalue weighted by Crippen LogP contribution is 2.55. The first-order chi connectivity index (χ1) is 13.4. The lowest BCUT2D eigenvalue weighted by Gasteiger charge is -2.51. The highest BCUT2D eigenvalue weighted by Gasteiger charge is 2.49. The van der Waals surface area contributed by atoms with Gasteiger partial charge in [0.1, 0.15) is 0 Å².